The first-order valence-corrected chi connectivity index (χ1v) is 7.63. The van der Waals surface area contributed by atoms with E-state index in [1.807, 2.05) is 42.6 Å². The van der Waals surface area contributed by atoms with Crippen LogP contribution in [-0.4, -0.2) is 19.9 Å². The zero-order valence-electron chi connectivity index (χ0n) is 12.9. The molecule has 0 radical (unpaired) electrons. The molecule has 0 fully saturated rings. The van der Waals surface area contributed by atoms with E-state index in [0.29, 0.717) is 0 Å². The third-order valence-corrected chi connectivity index (χ3v) is 3.85. The predicted octanol–water partition coefficient (Wildman–Crippen LogP) is 4.27. The number of pyridine rings is 4. The standard InChI is InChI=1S/C20H14N4/c1-7-21-8-2-15(1)18-13-19(16-3-9-22-10-4-16)20(24-14-18)17-5-11-23-12-6-17/h1-14H. The van der Waals surface area contributed by atoms with Crippen LogP contribution in [0.1, 0.15) is 0 Å². The average molecular weight is 310 g/mol. The fourth-order valence-electron chi connectivity index (χ4n) is 2.66. The van der Waals surface area contributed by atoms with Crippen LogP contribution in [0.4, 0.5) is 0 Å². The van der Waals surface area contributed by atoms with Crippen LogP contribution in [0.25, 0.3) is 33.5 Å². The van der Waals surface area contributed by atoms with Crippen molar-refractivity contribution in [2.75, 3.05) is 0 Å². The first kappa shape index (κ1) is 14.2. The number of aromatic nitrogens is 4. The Labute approximate surface area is 139 Å². The Bertz CT molecular complexity index is 939. The highest BCUT2D eigenvalue weighted by atomic mass is 14.7. The quantitative estimate of drug-likeness (QED) is 0.567. The summed E-state index contributed by atoms with van der Waals surface area (Å²) >= 11 is 0. The molecule has 0 bridgehead atoms. The molecule has 0 spiro atoms. The van der Waals surface area contributed by atoms with E-state index in [1.54, 1.807) is 37.2 Å². The van der Waals surface area contributed by atoms with Gasteiger partial charge in [0, 0.05) is 60.1 Å². The molecule has 114 valence electrons. The maximum atomic E-state index is 4.73. The molecular weight excluding hydrogens is 296 g/mol. The van der Waals surface area contributed by atoms with Gasteiger partial charge in [-0.3, -0.25) is 19.9 Å². The molecule has 0 amide bonds. The Morgan fingerprint density at radius 1 is 0.500 bits per heavy atom. The van der Waals surface area contributed by atoms with Gasteiger partial charge in [-0.1, -0.05) is 0 Å². The molecule has 4 nitrogen and oxygen atoms in total. The monoisotopic (exact) mass is 310 g/mol. The topological polar surface area (TPSA) is 51.6 Å². The molecule has 0 saturated carbocycles. The van der Waals surface area contributed by atoms with Gasteiger partial charge in [0.15, 0.2) is 0 Å². The predicted molar refractivity (Wildman–Crippen MR) is 93.9 cm³/mol. The van der Waals surface area contributed by atoms with E-state index in [-0.39, 0.29) is 0 Å². The molecule has 4 rings (SSSR count). The van der Waals surface area contributed by atoms with Crippen LogP contribution in [0.2, 0.25) is 0 Å². The van der Waals surface area contributed by atoms with Gasteiger partial charge in [-0.05, 0) is 53.6 Å². The molecule has 0 aromatic carbocycles. The van der Waals surface area contributed by atoms with E-state index >= 15 is 0 Å². The Balaban J connectivity index is 1.92. The summed E-state index contributed by atoms with van der Waals surface area (Å²) in [5, 5.41) is 0. The Hall–Kier alpha value is -3.40. The van der Waals surface area contributed by atoms with E-state index in [1.165, 1.54) is 0 Å². The smallest absolute Gasteiger partial charge is 0.0781 e. The summed E-state index contributed by atoms with van der Waals surface area (Å²) in [4.78, 5) is 17.0. The van der Waals surface area contributed by atoms with E-state index < -0.39 is 0 Å². The van der Waals surface area contributed by atoms with Crippen LogP contribution in [0.15, 0.2) is 85.8 Å². The highest BCUT2D eigenvalue weighted by molar-refractivity contribution is 5.83. The number of hydrogen-bond donors (Lipinski definition) is 0. The molecule has 0 saturated heterocycles. The molecule has 0 aliphatic rings. The second-order valence-electron chi connectivity index (χ2n) is 5.33. The Kier molecular flexibility index (Phi) is 3.78. The Morgan fingerprint density at radius 3 is 1.58 bits per heavy atom. The average Bonchev–Trinajstić information content (AvgIpc) is 2.69. The molecular formula is C20H14N4. The summed E-state index contributed by atoms with van der Waals surface area (Å²) in [5.41, 5.74) is 6.27. The first-order valence-electron chi connectivity index (χ1n) is 7.63. The summed E-state index contributed by atoms with van der Waals surface area (Å²) in [7, 11) is 0. The van der Waals surface area contributed by atoms with Gasteiger partial charge in [0.2, 0.25) is 0 Å². The van der Waals surface area contributed by atoms with Gasteiger partial charge in [-0.25, -0.2) is 0 Å². The minimum atomic E-state index is 0.932. The van der Waals surface area contributed by atoms with Gasteiger partial charge in [0.1, 0.15) is 0 Å². The lowest BCUT2D eigenvalue weighted by Gasteiger charge is -2.11. The van der Waals surface area contributed by atoms with Crippen molar-refractivity contribution < 1.29 is 0 Å². The maximum Gasteiger partial charge on any atom is 0.0781 e. The van der Waals surface area contributed by atoms with E-state index in [9.17, 15) is 0 Å². The fraction of sp³-hybridized carbons (Fsp3) is 0. The van der Waals surface area contributed by atoms with Gasteiger partial charge in [-0.15, -0.1) is 0 Å². The van der Waals surface area contributed by atoms with Crippen molar-refractivity contribution in [3.63, 3.8) is 0 Å². The van der Waals surface area contributed by atoms with Crippen molar-refractivity contribution in [1.29, 1.82) is 0 Å². The van der Waals surface area contributed by atoms with Crippen molar-refractivity contribution in [1.82, 2.24) is 19.9 Å². The zero-order chi connectivity index (χ0) is 16.2. The number of nitrogens with zero attached hydrogens (tertiary/aromatic N) is 4. The highest BCUT2D eigenvalue weighted by Gasteiger charge is 2.11. The van der Waals surface area contributed by atoms with Crippen LogP contribution in [-0.2, 0) is 0 Å². The van der Waals surface area contributed by atoms with Crippen LogP contribution < -0.4 is 0 Å². The largest absolute Gasteiger partial charge is 0.265 e. The Morgan fingerprint density at radius 2 is 1.00 bits per heavy atom. The summed E-state index contributed by atoms with van der Waals surface area (Å²) < 4.78 is 0. The van der Waals surface area contributed by atoms with Crippen molar-refractivity contribution in [2.24, 2.45) is 0 Å². The highest BCUT2D eigenvalue weighted by Crippen LogP contribution is 2.33. The second kappa shape index (κ2) is 6.38. The lowest BCUT2D eigenvalue weighted by molar-refractivity contribution is 1.28. The maximum absolute atomic E-state index is 4.73. The van der Waals surface area contributed by atoms with Crippen molar-refractivity contribution in [2.45, 2.75) is 0 Å². The second-order valence-corrected chi connectivity index (χ2v) is 5.33. The molecule has 4 aromatic rings. The molecule has 4 heterocycles. The van der Waals surface area contributed by atoms with E-state index in [0.717, 1.165) is 33.5 Å². The summed E-state index contributed by atoms with van der Waals surface area (Å²) in [5.74, 6) is 0. The molecule has 0 unspecified atom stereocenters. The molecule has 4 heteroatoms. The molecule has 4 aromatic heterocycles. The normalized spacial score (nSPS) is 10.5. The molecule has 0 N–H and O–H groups in total. The summed E-state index contributed by atoms with van der Waals surface area (Å²) in [6, 6.07) is 14.1. The third-order valence-electron chi connectivity index (χ3n) is 3.85. The number of hydrogen-bond acceptors (Lipinski definition) is 4. The minimum absolute atomic E-state index is 0.932. The van der Waals surface area contributed by atoms with Crippen molar-refractivity contribution in [3.8, 4) is 33.5 Å². The van der Waals surface area contributed by atoms with Gasteiger partial charge >= 0.3 is 0 Å². The van der Waals surface area contributed by atoms with Crippen LogP contribution in [0.3, 0.4) is 0 Å². The van der Waals surface area contributed by atoms with E-state index in [4.69, 9.17) is 4.98 Å². The van der Waals surface area contributed by atoms with Crippen LogP contribution in [0, 0.1) is 0 Å². The fourth-order valence-corrected chi connectivity index (χ4v) is 2.66. The van der Waals surface area contributed by atoms with Crippen molar-refractivity contribution >= 4 is 0 Å². The summed E-state index contributed by atoms with van der Waals surface area (Å²) in [6.45, 7) is 0. The summed E-state index contributed by atoms with van der Waals surface area (Å²) in [6.07, 6.45) is 12.6. The van der Waals surface area contributed by atoms with Gasteiger partial charge in [0.25, 0.3) is 0 Å². The third kappa shape index (κ3) is 2.77. The van der Waals surface area contributed by atoms with Gasteiger partial charge in [-0.2, -0.15) is 0 Å². The van der Waals surface area contributed by atoms with Gasteiger partial charge in [0.05, 0.1) is 5.69 Å². The van der Waals surface area contributed by atoms with Crippen LogP contribution >= 0.6 is 0 Å². The number of rotatable bonds is 3. The van der Waals surface area contributed by atoms with Crippen molar-refractivity contribution in [3.05, 3.63) is 85.8 Å². The zero-order valence-corrected chi connectivity index (χ0v) is 12.9. The van der Waals surface area contributed by atoms with Gasteiger partial charge < -0.3 is 0 Å². The minimum Gasteiger partial charge on any atom is -0.265 e. The lowest BCUT2D eigenvalue weighted by atomic mass is 9.97. The lowest BCUT2D eigenvalue weighted by Crippen LogP contribution is -1.92. The van der Waals surface area contributed by atoms with E-state index in [2.05, 4.69) is 21.0 Å². The first-order chi connectivity index (χ1) is 11.9. The molecule has 0 atom stereocenters. The van der Waals surface area contributed by atoms with Crippen LogP contribution in [0.5, 0.6) is 0 Å². The molecule has 24 heavy (non-hydrogen) atoms. The molecule has 0 aliphatic heterocycles. The molecule has 0 aliphatic carbocycles. The SMILES string of the molecule is c1cc(-c2cnc(-c3ccncc3)c(-c3ccncc3)c2)ccn1.